The van der Waals surface area contributed by atoms with Gasteiger partial charge >= 0.3 is 273 Å². The van der Waals surface area contributed by atoms with E-state index in [0.29, 0.717) is 45.9 Å². The molecule has 2 aliphatic heterocycles. The summed E-state index contributed by atoms with van der Waals surface area (Å²) in [5.74, 6) is 21.9. The Balaban J connectivity index is 1.56. The van der Waals surface area contributed by atoms with Crippen LogP contribution in [0.4, 0.5) is 0 Å². The molecule has 0 saturated carbocycles. The maximum atomic E-state index is 5.36. The van der Waals surface area contributed by atoms with Crippen molar-refractivity contribution in [2.45, 2.75) is 46.9 Å². The molecule has 250 valence electrons. The van der Waals surface area contributed by atoms with Crippen LogP contribution in [-0.2, 0) is 7.41 Å². The third-order valence-corrected chi connectivity index (χ3v) is 13.9. The van der Waals surface area contributed by atoms with Crippen molar-refractivity contribution in [1.29, 1.82) is 0 Å². The van der Waals surface area contributed by atoms with Crippen LogP contribution in [0.5, 0.6) is 0 Å². The summed E-state index contributed by atoms with van der Waals surface area (Å²) < 4.78 is 1.21. The van der Waals surface area contributed by atoms with Gasteiger partial charge in [-0.05, 0) is 0 Å². The predicted molar refractivity (Wildman–Crippen MR) is 203 cm³/mol. The molecule has 0 aliphatic carbocycles. The molecule has 7 aromatic rings. The van der Waals surface area contributed by atoms with Crippen molar-refractivity contribution >= 4 is 48.6 Å². The molecule has 4 aromatic carbocycles. The van der Waals surface area contributed by atoms with Crippen LogP contribution >= 0.6 is 0 Å². The molecule has 2 N–H and O–H groups in total. The van der Waals surface area contributed by atoms with Crippen molar-refractivity contribution in [2.24, 2.45) is 0 Å². The first-order chi connectivity index (χ1) is 22.5. The molecule has 9 rings (SSSR count). The molecular formula is C40H41CoN8. The standard InChI is InChI=1S/C32H17N8.8CH3.Co/c1-2-10-18-17(9-1)25-33-26(18)38-28-21-13-5-6-14-22(21)30(35-28)40-32-24-16-8-7-15-23(24)31(36-32)39-29-20-12-4-3-11-19(20)27(34-29)37-25;;;;;;;;;/h1-15H,(H2,33,34,35,36,37,38,39,40);8*1H3;. The van der Waals surface area contributed by atoms with Crippen LogP contribution in [0, 0.1) is 0 Å². The van der Waals surface area contributed by atoms with E-state index in [1.54, 1.807) is 0 Å². The van der Waals surface area contributed by atoms with E-state index in [1.807, 2.05) is 42.5 Å². The molecule has 5 heterocycles. The summed E-state index contributed by atoms with van der Waals surface area (Å²) in [7, 11) is -4.80. The van der Waals surface area contributed by atoms with Gasteiger partial charge in [0.2, 0.25) is 0 Å². The van der Waals surface area contributed by atoms with Gasteiger partial charge in [0, 0.05) is 0 Å². The van der Waals surface area contributed by atoms with Gasteiger partial charge in [-0.25, -0.2) is 0 Å². The molecule has 2 aliphatic rings. The van der Waals surface area contributed by atoms with Crippen LogP contribution in [0.3, 0.4) is 0 Å². The minimum absolute atomic E-state index is 0.591. The van der Waals surface area contributed by atoms with Gasteiger partial charge in [0.1, 0.15) is 0 Å². The van der Waals surface area contributed by atoms with Gasteiger partial charge in [-0.1, -0.05) is 6.07 Å². The number of nitrogens with zero attached hydrogens (tertiary/aromatic N) is 6. The number of H-pyrrole nitrogens is 2. The molecule has 3 aromatic heterocycles. The molecule has 49 heavy (non-hydrogen) atoms. The number of benzene rings is 4. The molecule has 8 nitrogen and oxygen atoms in total. The van der Waals surface area contributed by atoms with E-state index >= 15 is 0 Å². The van der Waals surface area contributed by atoms with Gasteiger partial charge in [0.15, 0.2) is 0 Å². The third kappa shape index (κ3) is 4.79. The molecule has 0 spiro atoms. The van der Waals surface area contributed by atoms with Crippen molar-refractivity contribution in [1.82, 2.24) is 39.9 Å². The first-order valence-electron chi connectivity index (χ1n) is 15.7. The van der Waals surface area contributed by atoms with Gasteiger partial charge in [-0.15, -0.1) is 0 Å². The van der Waals surface area contributed by atoms with Gasteiger partial charge in [-0.2, -0.15) is 0 Å². The van der Waals surface area contributed by atoms with E-state index in [2.05, 4.69) is 105 Å². The normalized spacial score (nSPS) is 17.1. The second kappa shape index (κ2) is 6.79. The summed E-state index contributed by atoms with van der Waals surface area (Å²) in [6.07, 6.45) is 0. The minimum atomic E-state index is -4.80. The van der Waals surface area contributed by atoms with Crippen LogP contribution in [-0.4, -0.2) is 39.9 Å². The summed E-state index contributed by atoms with van der Waals surface area (Å²) in [5.41, 5.74) is 6.43. The average Bonchev–Trinajstić information content (AvgIpc) is 3.75. The molecule has 0 atom stereocenters. The molecule has 0 unspecified atom stereocenters. The Bertz CT molecular complexity index is 2890. The Morgan fingerprint density at radius 2 is 0.714 bits per heavy atom. The average molecular weight is 693 g/mol. The van der Waals surface area contributed by atoms with Gasteiger partial charge < -0.3 is 0 Å². The van der Waals surface area contributed by atoms with Crippen LogP contribution in [0.2, 0.25) is 46.9 Å². The number of hydrogen-bond acceptors (Lipinski definition) is 6. The number of aromatic nitrogens is 8. The Hall–Kier alpha value is -5.25. The quantitative estimate of drug-likeness (QED) is 0.177. The second-order valence-electron chi connectivity index (χ2n) is 20.6. The van der Waals surface area contributed by atoms with E-state index < -0.39 is 7.41 Å². The fraction of sp³-hybridized carbons (Fsp3) is 0.200. The molecule has 0 saturated heterocycles. The zero-order valence-electron chi connectivity index (χ0n) is 29.2. The number of fused-ring (bicyclic) bond motifs is 20. The van der Waals surface area contributed by atoms with Crippen LogP contribution < -0.4 is 4.50 Å². The Morgan fingerprint density at radius 1 is 0.367 bits per heavy atom. The maximum absolute atomic E-state index is 5.36. The fourth-order valence-electron chi connectivity index (χ4n) is 6.74. The third-order valence-electron chi connectivity index (χ3n) is 8.95. The molecule has 0 amide bonds. The van der Waals surface area contributed by atoms with Gasteiger partial charge in [-0.3, -0.25) is 0 Å². The van der Waals surface area contributed by atoms with Crippen molar-refractivity contribution in [3.05, 3.63) is 91.0 Å². The van der Waals surface area contributed by atoms with E-state index in [-0.39, 0.29) is 0 Å². The monoisotopic (exact) mass is 692 g/mol. The topological polar surface area (TPSA) is 109 Å². The Kier molecular flexibility index (Phi) is 4.14. The van der Waals surface area contributed by atoms with Crippen molar-refractivity contribution in [2.75, 3.05) is 0 Å². The van der Waals surface area contributed by atoms with E-state index in [9.17, 15) is 0 Å². The van der Waals surface area contributed by atoms with Crippen molar-refractivity contribution in [3.63, 3.8) is 0 Å². The summed E-state index contributed by atoms with van der Waals surface area (Å²) in [4.78, 5) is 38.2. The zero-order valence-corrected chi connectivity index (χ0v) is 30.2. The molecule has 0 fully saturated rings. The zero-order chi connectivity index (χ0) is 34.4. The van der Waals surface area contributed by atoms with E-state index in [0.717, 1.165) is 43.8 Å². The van der Waals surface area contributed by atoms with Crippen LogP contribution in [0.25, 0.3) is 89.7 Å². The molecule has 9 heteroatoms. The predicted octanol–water partition coefficient (Wildman–Crippen LogP) is 10.7. The van der Waals surface area contributed by atoms with Crippen molar-refractivity contribution < 1.29 is 7.41 Å². The molecular weight excluding hydrogens is 651 g/mol. The van der Waals surface area contributed by atoms with E-state index in [1.165, 1.54) is 4.50 Å². The van der Waals surface area contributed by atoms with Crippen LogP contribution in [0.1, 0.15) is 0 Å². The fourth-order valence-corrected chi connectivity index (χ4v) is 10.6. The Morgan fingerprint density at radius 3 is 1.14 bits per heavy atom. The number of hydrogen-bond donors (Lipinski definition) is 2. The summed E-state index contributed by atoms with van der Waals surface area (Å²) in [6.45, 7) is 0. The number of aromatic amines is 2. The number of rotatable bonds is 1. The van der Waals surface area contributed by atoms with Crippen molar-refractivity contribution in [3.8, 4) is 45.6 Å². The Labute approximate surface area is 278 Å². The summed E-state index contributed by atoms with van der Waals surface area (Å²) in [5, 5.41) is 3.89. The second-order valence-corrected chi connectivity index (χ2v) is 54.4. The molecule has 0 radical (unpaired) electrons. The first-order valence-corrected chi connectivity index (χ1v) is 24.6. The summed E-state index contributed by atoms with van der Waals surface area (Å²) in [6, 6.07) is 30.9. The molecule has 8 bridgehead atoms. The van der Waals surface area contributed by atoms with Gasteiger partial charge in [0.25, 0.3) is 0 Å². The van der Waals surface area contributed by atoms with Gasteiger partial charge in [0.05, 0.1) is 0 Å². The van der Waals surface area contributed by atoms with E-state index in [4.69, 9.17) is 29.9 Å². The van der Waals surface area contributed by atoms with Crippen LogP contribution in [0.15, 0.2) is 91.0 Å². The first kappa shape index (κ1) is 29.9. The SMILES string of the molecule is [CH3][Co]([CH3])([CH3])([CH3])([CH3])([CH3])([CH3])([CH3])[c]1cccc2c3nc4nc(nc5[nH]c(nc6nc(nc([nH]3)c12)-c1ccccc1-6)c1ccccc51)-c1ccccc1-4. The number of nitrogens with one attached hydrogen (secondary N) is 2. The summed E-state index contributed by atoms with van der Waals surface area (Å²) >= 11 is 0.